The lowest BCUT2D eigenvalue weighted by atomic mass is 9.93. The Hall–Kier alpha value is -5.22. The zero-order valence-electron chi connectivity index (χ0n) is 33.5. The maximum Gasteiger partial charge on any atom is 0.417 e. The van der Waals surface area contributed by atoms with Gasteiger partial charge in [0, 0.05) is 72.7 Å². The second-order valence-corrected chi connectivity index (χ2v) is 16.5. The largest absolute Gasteiger partial charge is 0.492 e. The SMILES string of the molecule is C[C@@H]1CN(CCOc2ccc(N3C(=S)N(c4ccc(C#N)c(C(F)(F)F)c4)C(=O)C3(C)C)cc2CC(F)F)CCN1CC(=O)Nc1cc(Cl)cc(NC2CCC(=O)CC2=O)c1. The minimum Gasteiger partial charge on any atom is -0.492 e. The van der Waals surface area contributed by atoms with E-state index >= 15 is 0 Å². The van der Waals surface area contributed by atoms with Gasteiger partial charge in [0.1, 0.15) is 23.7 Å². The van der Waals surface area contributed by atoms with Crippen molar-refractivity contribution >= 4 is 75.1 Å². The number of anilines is 4. The molecular weight excluding hydrogens is 845 g/mol. The summed E-state index contributed by atoms with van der Waals surface area (Å²) in [5.41, 5.74) is -2.07. The maximum absolute atomic E-state index is 13.9. The van der Waals surface area contributed by atoms with Crippen LogP contribution in [0.1, 0.15) is 56.7 Å². The Morgan fingerprint density at radius 1 is 1.05 bits per heavy atom. The number of nitrogens with zero attached hydrogens (tertiary/aromatic N) is 5. The van der Waals surface area contributed by atoms with Crippen molar-refractivity contribution in [2.45, 2.75) is 76.7 Å². The highest BCUT2D eigenvalue weighted by molar-refractivity contribution is 7.81. The molecule has 1 aliphatic carbocycles. The van der Waals surface area contributed by atoms with E-state index in [1.54, 1.807) is 24.3 Å². The van der Waals surface area contributed by atoms with E-state index in [4.69, 9.17) is 28.6 Å². The molecule has 0 radical (unpaired) electrons. The smallest absolute Gasteiger partial charge is 0.417 e. The van der Waals surface area contributed by atoms with Crippen molar-refractivity contribution in [3.05, 3.63) is 76.3 Å². The Kier molecular flexibility index (Phi) is 13.7. The lowest BCUT2D eigenvalue weighted by Gasteiger charge is -2.39. The molecule has 0 bridgehead atoms. The molecule has 3 aromatic carbocycles. The summed E-state index contributed by atoms with van der Waals surface area (Å²) < 4.78 is 75.1. The second-order valence-electron chi connectivity index (χ2n) is 15.7. The number of carbonyl (C=O) groups is 4. The number of benzene rings is 3. The molecule has 324 valence electrons. The molecule has 19 heteroatoms. The van der Waals surface area contributed by atoms with Crippen molar-refractivity contribution in [1.29, 1.82) is 5.26 Å². The van der Waals surface area contributed by atoms with Gasteiger partial charge in [-0.05, 0) is 94.0 Å². The lowest BCUT2D eigenvalue weighted by molar-refractivity contribution is -0.138. The number of halogens is 6. The maximum atomic E-state index is 13.9. The monoisotopic (exact) mass is 887 g/mol. The van der Waals surface area contributed by atoms with Crippen LogP contribution in [0.25, 0.3) is 0 Å². The van der Waals surface area contributed by atoms with Crippen LogP contribution >= 0.6 is 23.8 Å². The normalized spacial score (nSPS) is 20.0. The number of nitrogens with one attached hydrogen (secondary N) is 2. The average molecular weight is 888 g/mol. The molecule has 12 nitrogen and oxygen atoms in total. The Morgan fingerprint density at radius 2 is 1.77 bits per heavy atom. The predicted octanol–water partition coefficient (Wildman–Crippen LogP) is 7.08. The number of ketones is 2. The van der Waals surface area contributed by atoms with Gasteiger partial charge in [-0.2, -0.15) is 18.4 Å². The van der Waals surface area contributed by atoms with Crippen molar-refractivity contribution in [2.24, 2.45) is 0 Å². The van der Waals surface area contributed by atoms with Gasteiger partial charge in [0.2, 0.25) is 12.3 Å². The van der Waals surface area contributed by atoms with Crippen LogP contribution < -0.4 is 25.2 Å². The average Bonchev–Trinajstić information content (AvgIpc) is 3.35. The highest BCUT2D eigenvalue weighted by atomic mass is 35.5. The van der Waals surface area contributed by atoms with Crippen LogP contribution in [0.15, 0.2) is 54.6 Å². The van der Waals surface area contributed by atoms with E-state index in [9.17, 15) is 46.4 Å². The second kappa shape index (κ2) is 18.4. The first-order chi connectivity index (χ1) is 28.7. The molecule has 2 heterocycles. The minimum absolute atomic E-state index is 0.0240. The van der Waals surface area contributed by atoms with Gasteiger partial charge < -0.3 is 20.3 Å². The first kappa shape index (κ1) is 45.3. The van der Waals surface area contributed by atoms with E-state index in [1.807, 2.05) is 11.8 Å². The number of alkyl halides is 5. The molecule has 3 aliphatic rings. The number of hydrogen-bond donors (Lipinski definition) is 2. The molecule has 2 N–H and O–H groups in total. The van der Waals surface area contributed by atoms with Crippen LogP contribution in [0.4, 0.5) is 44.7 Å². The number of ether oxygens (including phenoxy) is 1. The molecule has 2 amide bonds. The zero-order valence-corrected chi connectivity index (χ0v) is 35.0. The molecule has 3 fully saturated rings. The topological polar surface area (TPSA) is 138 Å². The molecule has 1 unspecified atom stereocenters. The third-order valence-corrected chi connectivity index (χ3v) is 11.5. The summed E-state index contributed by atoms with van der Waals surface area (Å²) in [5, 5.41) is 15.4. The summed E-state index contributed by atoms with van der Waals surface area (Å²) in [5.74, 6) is -0.985. The third kappa shape index (κ3) is 10.5. The van der Waals surface area contributed by atoms with Gasteiger partial charge in [-0.25, -0.2) is 8.78 Å². The Bertz CT molecular complexity index is 2270. The van der Waals surface area contributed by atoms with Crippen molar-refractivity contribution in [2.75, 3.05) is 59.8 Å². The lowest BCUT2D eigenvalue weighted by Crippen LogP contribution is -2.54. The Morgan fingerprint density at radius 3 is 2.44 bits per heavy atom. The predicted molar refractivity (Wildman–Crippen MR) is 223 cm³/mol. The number of hydrogen-bond acceptors (Lipinski definition) is 10. The highest BCUT2D eigenvalue weighted by Crippen LogP contribution is 2.41. The fourth-order valence-corrected chi connectivity index (χ4v) is 8.54. The molecule has 2 atom stereocenters. The number of nitriles is 1. The van der Waals surface area contributed by atoms with Gasteiger partial charge in [0.05, 0.1) is 41.9 Å². The fraction of sp³-hybridized carbons (Fsp3) is 0.429. The van der Waals surface area contributed by atoms with Gasteiger partial charge in [0.15, 0.2) is 10.9 Å². The standard InChI is InChI=1S/C42H43ClF5N7O5S/c1-24-22-52(10-11-53(24)23-38(58)51-29-17-27(43)16-28(18-29)50-34-8-7-32(56)20-35(34)57)12-13-60-36-9-6-31(14-26(36)15-37(44)45)55-40(61)54(39(59)41(55,2)3)30-5-4-25(21-49)33(19-30)42(46,47)48/h4-6,9,14,16-19,24,34,37,50H,7-8,10-13,15,20,22-23H2,1-3H3,(H,51,58)/t24-,34?/m1/s1. The number of amides is 2. The van der Waals surface area contributed by atoms with Crippen LogP contribution in [0.5, 0.6) is 5.75 Å². The summed E-state index contributed by atoms with van der Waals surface area (Å²) in [6, 6.07) is 13.2. The summed E-state index contributed by atoms with van der Waals surface area (Å²) in [6.07, 6.45) is -7.71. The number of Topliss-reactive ketones (excluding diaryl/α,β-unsaturated/α-hetero) is 2. The van der Waals surface area contributed by atoms with Crippen LogP contribution in [0.2, 0.25) is 5.02 Å². The highest BCUT2D eigenvalue weighted by Gasteiger charge is 2.51. The van der Waals surface area contributed by atoms with Gasteiger partial charge in [-0.1, -0.05) is 11.6 Å². The van der Waals surface area contributed by atoms with E-state index in [1.165, 1.54) is 43.0 Å². The van der Waals surface area contributed by atoms with E-state index in [2.05, 4.69) is 15.5 Å². The van der Waals surface area contributed by atoms with Gasteiger partial charge >= 0.3 is 6.18 Å². The quantitative estimate of drug-likeness (QED) is 0.104. The Labute approximate surface area is 359 Å². The minimum atomic E-state index is -4.87. The zero-order chi connectivity index (χ0) is 44.4. The molecule has 2 saturated heterocycles. The van der Waals surface area contributed by atoms with E-state index in [0.29, 0.717) is 61.5 Å². The van der Waals surface area contributed by atoms with Crippen LogP contribution in [-0.2, 0) is 31.8 Å². The molecule has 1 saturated carbocycles. The van der Waals surface area contributed by atoms with Crippen LogP contribution in [-0.4, -0.2) is 102 Å². The van der Waals surface area contributed by atoms with E-state index < -0.39 is 47.6 Å². The summed E-state index contributed by atoms with van der Waals surface area (Å²) in [4.78, 5) is 57.2. The summed E-state index contributed by atoms with van der Waals surface area (Å²) >= 11 is 11.9. The molecule has 3 aromatic rings. The van der Waals surface area contributed by atoms with Crippen molar-refractivity contribution in [3.63, 3.8) is 0 Å². The van der Waals surface area contributed by atoms with Gasteiger partial charge in [-0.3, -0.25) is 33.9 Å². The number of rotatable bonds is 13. The molecule has 0 aromatic heterocycles. The van der Waals surface area contributed by atoms with Crippen molar-refractivity contribution in [1.82, 2.24) is 9.80 Å². The van der Waals surface area contributed by atoms with E-state index in [0.717, 1.165) is 11.0 Å². The summed E-state index contributed by atoms with van der Waals surface area (Å²) in [7, 11) is 0. The van der Waals surface area contributed by atoms with Gasteiger partial charge in [-0.15, -0.1) is 0 Å². The molecule has 61 heavy (non-hydrogen) atoms. The summed E-state index contributed by atoms with van der Waals surface area (Å²) in [6.45, 7) is 7.48. The Balaban J connectivity index is 1.05. The van der Waals surface area contributed by atoms with E-state index in [-0.39, 0.29) is 70.9 Å². The van der Waals surface area contributed by atoms with Crippen LogP contribution in [0, 0.1) is 11.3 Å². The molecule has 6 rings (SSSR count). The molecule has 2 aliphatic heterocycles. The number of thiocarbonyl (C=S) groups is 1. The number of piperazine rings is 1. The fourth-order valence-electron chi connectivity index (χ4n) is 7.78. The van der Waals surface area contributed by atoms with Crippen molar-refractivity contribution < 1.29 is 45.9 Å². The van der Waals surface area contributed by atoms with Crippen LogP contribution in [0.3, 0.4) is 0 Å². The molecule has 0 spiro atoms. The number of carbonyl (C=O) groups excluding carboxylic acids is 4. The molecular formula is C42H43ClF5N7O5S. The van der Waals surface area contributed by atoms with Gasteiger partial charge in [0.25, 0.3) is 5.91 Å². The third-order valence-electron chi connectivity index (χ3n) is 10.9. The first-order valence-electron chi connectivity index (χ1n) is 19.5. The van der Waals surface area contributed by atoms with Crippen molar-refractivity contribution in [3.8, 4) is 11.8 Å². The first-order valence-corrected chi connectivity index (χ1v) is 20.3.